The standard InChI is InChI=1S/C11H13NO4S/c1-8-2-4-9(5-3-8)17(15,16)12-7-6-10(13)11(12)14/h2-5,10,13H,6-7H2,1H3/t10-/m0/s1. The Morgan fingerprint density at radius 3 is 2.35 bits per heavy atom. The van der Waals surface area contributed by atoms with Gasteiger partial charge in [0.15, 0.2) is 0 Å². The summed E-state index contributed by atoms with van der Waals surface area (Å²) in [7, 11) is -3.81. The Labute approximate surface area is 99.7 Å². The van der Waals surface area contributed by atoms with E-state index in [9.17, 15) is 18.3 Å². The first-order valence-corrected chi connectivity index (χ1v) is 6.68. The molecule has 1 heterocycles. The maximum atomic E-state index is 12.1. The Kier molecular flexibility index (Phi) is 2.92. The van der Waals surface area contributed by atoms with Crippen molar-refractivity contribution in [3.63, 3.8) is 0 Å². The van der Waals surface area contributed by atoms with Crippen LogP contribution in [0.2, 0.25) is 0 Å². The van der Waals surface area contributed by atoms with E-state index in [0.717, 1.165) is 9.87 Å². The molecule has 0 bridgehead atoms. The van der Waals surface area contributed by atoms with Crippen LogP contribution in [0.5, 0.6) is 0 Å². The zero-order valence-electron chi connectivity index (χ0n) is 9.33. The number of carbonyl (C=O) groups excluding carboxylic acids is 1. The van der Waals surface area contributed by atoms with Gasteiger partial charge in [-0.3, -0.25) is 4.79 Å². The van der Waals surface area contributed by atoms with Crippen LogP contribution in [0.4, 0.5) is 0 Å². The zero-order valence-corrected chi connectivity index (χ0v) is 10.1. The second kappa shape index (κ2) is 4.12. The maximum absolute atomic E-state index is 12.1. The molecule has 1 amide bonds. The highest BCUT2D eigenvalue weighted by Crippen LogP contribution is 2.22. The van der Waals surface area contributed by atoms with Crippen LogP contribution in [0, 0.1) is 6.92 Å². The Morgan fingerprint density at radius 1 is 1.29 bits per heavy atom. The summed E-state index contributed by atoms with van der Waals surface area (Å²) in [5, 5.41) is 9.27. The summed E-state index contributed by atoms with van der Waals surface area (Å²) in [4.78, 5) is 11.6. The number of rotatable bonds is 2. The topological polar surface area (TPSA) is 74.7 Å². The monoisotopic (exact) mass is 255 g/mol. The summed E-state index contributed by atoms with van der Waals surface area (Å²) >= 11 is 0. The van der Waals surface area contributed by atoms with Crippen molar-refractivity contribution in [3.05, 3.63) is 29.8 Å². The molecule has 92 valence electrons. The molecule has 1 fully saturated rings. The lowest BCUT2D eigenvalue weighted by molar-refractivity contribution is -0.130. The molecule has 1 saturated heterocycles. The molecule has 1 atom stereocenters. The molecule has 1 N–H and O–H groups in total. The van der Waals surface area contributed by atoms with E-state index in [1.807, 2.05) is 6.92 Å². The van der Waals surface area contributed by atoms with E-state index < -0.39 is 22.0 Å². The molecule has 6 heteroatoms. The molecule has 2 rings (SSSR count). The third kappa shape index (κ3) is 2.05. The van der Waals surface area contributed by atoms with Crippen molar-refractivity contribution in [2.45, 2.75) is 24.3 Å². The first kappa shape index (κ1) is 12.1. The first-order valence-electron chi connectivity index (χ1n) is 5.24. The molecule has 0 spiro atoms. The molecule has 1 aliphatic heterocycles. The molecular weight excluding hydrogens is 242 g/mol. The molecule has 1 aliphatic rings. The Bertz CT molecular complexity index is 535. The molecule has 0 aromatic heterocycles. The lowest BCUT2D eigenvalue weighted by Gasteiger charge is -2.16. The van der Waals surface area contributed by atoms with Gasteiger partial charge in [-0.05, 0) is 19.1 Å². The molecule has 0 radical (unpaired) electrons. The number of hydrogen-bond acceptors (Lipinski definition) is 4. The average molecular weight is 255 g/mol. The average Bonchev–Trinajstić information content (AvgIpc) is 2.61. The fraction of sp³-hybridized carbons (Fsp3) is 0.364. The highest BCUT2D eigenvalue weighted by atomic mass is 32.2. The second-order valence-corrected chi connectivity index (χ2v) is 5.90. The fourth-order valence-corrected chi connectivity index (χ4v) is 3.15. The molecule has 5 nitrogen and oxygen atoms in total. The highest BCUT2D eigenvalue weighted by Gasteiger charge is 2.38. The highest BCUT2D eigenvalue weighted by molar-refractivity contribution is 7.89. The van der Waals surface area contributed by atoms with Gasteiger partial charge in [0, 0.05) is 13.0 Å². The number of benzene rings is 1. The van der Waals surface area contributed by atoms with Crippen molar-refractivity contribution in [1.29, 1.82) is 0 Å². The summed E-state index contributed by atoms with van der Waals surface area (Å²) in [6, 6.07) is 6.26. The van der Waals surface area contributed by atoms with Crippen LogP contribution in [0.1, 0.15) is 12.0 Å². The SMILES string of the molecule is Cc1ccc(S(=O)(=O)N2CC[C@H](O)C2=O)cc1. The van der Waals surface area contributed by atoms with Gasteiger partial charge >= 0.3 is 0 Å². The van der Waals surface area contributed by atoms with Crippen molar-refractivity contribution >= 4 is 15.9 Å². The summed E-state index contributed by atoms with van der Waals surface area (Å²) in [6.45, 7) is 1.89. The van der Waals surface area contributed by atoms with E-state index >= 15 is 0 Å². The van der Waals surface area contributed by atoms with Crippen LogP contribution in [0.15, 0.2) is 29.2 Å². The Morgan fingerprint density at radius 2 is 1.88 bits per heavy atom. The molecule has 0 aliphatic carbocycles. The van der Waals surface area contributed by atoms with E-state index in [1.54, 1.807) is 12.1 Å². The number of nitrogens with zero attached hydrogens (tertiary/aromatic N) is 1. The molecular formula is C11H13NO4S. The number of aliphatic hydroxyl groups is 1. The fourth-order valence-electron chi connectivity index (χ4n) is 1.72. The van der Waals surface area contributed by atoms with E-state index in [4.69, 9.17) is 0 Å². The van der Waals surface area contributed by atoms with Crippen LogP contribution in [-0.2, 0) is 14.8 Å². The second-order valence-electron chi connectivity index (χ2n) is 4.03. The van der Waals surface area contributed by atoms with E-state index in [2.05, 4.69) is 0 Å². The van der Waals surface area contributed by atoms with Crippen LogP contribution in [0.3, 0.4) is 0 Å². The van der Waals surface area contributed by atoms with Crippen LogP contribution in [-0.4, -0.2) is 36.4 Å². The minimum atomic E-state index is -3.81. The zero-order chi connectivity index (χ0) is 12.6. The number of aryl methyl sites for hydroxylation is 1. The van der Waals surface area contributed by atoms with Crippen molar-refractivity contribution < 1.29 is 18.3 Å². The van der Waals surface area contributed by atoms with Crippen LogP contribution >= 0.6 is 0 Å². The van der Waals surface area contributed by atoms with Crippen molar-refractivity contribution in [3.8, 4) is 0 Å². The van der Waals surface area contributed by atoms with Gasteiger partial charge in [-0.2, -0.15) is 0 Å². The summed E-state index contributed by atoms with van der Waals surface area (Å²) in [5.41, 5.74) is 0.941. The third-order valence-electron chi connectivity index (χ3n) is 2.75. The molecule has 0 unspecified atom stereocenters. The van der Waals surface area contributed by atoms with Gasteiger partial charge < -0.3 is 5.11 Å². The predicted molar refractivity (Wildman–Crippen MR) is 60.7 cm³/mol. The van der Waals surface area contributed by atoms with Gasteiger partial charge in [0.1, 0.15) is 6.10 Å². The lowest BCUT2D eigenvalue weighted by Crippen LogP contribution is -2.35. The smallest absolute Gasteiger partial charge is 0.266 e. The van der Waals surface area contributed by atoms with Gasteiger partial charge in [0.2, 0.25) is 0 Å². The van der Waals surface area contributed by atoms with Gasteiger partial charge in [0.05, 0.1) is 4.90 Å². The minimum absolute atomic E-state index is 0.0379. The largest absolute Gasteiger partial charge is 0.383 e. The quantitative estimate of drug-likeness (QED) is 0.823. The number of sulfonamides is 1. The van der Waals surface area contributed by atoms with Crippen LogP contribution in [0.25, 0.3) is 0 Å². The van der Waals surface area contributed by atoms with E-state index in [-0.39, 0.29) is 17.9 Å². The third-order valence-corrected chi connectivity index (χ3v) is 4.56. The normalized spacial score (nSPS) is 20.9. The minimum Gasteiger partial charge on any atom is -0.383 e. The predicted octanol–water partition coefficient (Wildman–Crippen LogP) is 0.277. The summed E-state index contributed by atoms with van der Waals surface area (Å²) in [5.74, 6) is -0.745. The van der Waals surface area contributed by atoms with Crippen LogP contribution < -0.4 is 0 Å². The Hall–Kier alpha value is -1.40. The van der Waals surface area contributed by atoms with Crippen molar-refractivity contribution in [2.75, 3.05) is 6.54 Å². The lowest BCUT2D eigenvalue weighted by atomic mass is 10.2. The summed E-state index contributed by atoms with van der Waals surface area (Å²) < 4.78 is 24.9. The van der Waals surface area contributed by atoms with E-state index in [1.165, 1.54) is 12.1 Å². The van der Waals surface area contributed by atoms with Gasteiger partial charge in [-0.1, -0.05) is 17.7 Å². The molecule has 17 heavy (non-hydrogen) atoms. The number of amides is 1. The summed E-state index contributed by atoms with van der Waals surface area (Å²) in [6.07, 6.45) is -1.04. The van der Waals surface area contributed by atoms with Gasteiger partial charge in [-0.25, -0.2) is 12.7 Å². The Balaban J connectivity index is 2.37. The number of carbonyl (C=O) groups is 1. The molecule has 0 saturated carbocycles. The van der Waals surface area contributed by atoms with E-state index in [0.29, 0.717) is 0 Å². The van der Waals surface area contributed by atoms with Gasteiger partial charge in [-0.15, -0.1) is 0 Å². The maximum Gasteiger partial charge on any atom is 0.266 e. The first-order chi connectivity index (χ1) is 7.93. The van der Waals surface area contributed by atoms with Gasteiger partial charge in [0.25, 0.3) is 15.9 Å². The molecule has 1 aromatic rings. The number of aliphatic hydroxyl groups excluding tert-OH is 1. The molecule has 1 aromatic carbocycles. The van der Waals surface area contributed by atoms with Crippen molar-refractivity contribution in [2.24, 2.45) is 0 Å². The van der Waals surface area contributed by atoms with Crippen molar-refractivity contribution in [1.82, 2.24) is 4.31 Å². The number of hydrogen-bond donors (Lipinski definition) is 1.